The Morgan fingerprint density at radius 1 is 1.05 bits per heavy atom. The molecule has 0 aliphatic carbocycles. The Morgan fingerprint density at radius 3 is 2.47 bits per heavy atom. The molecule has 0 atom stereocenters. The molecule has 3 heterocycles. The van der Waals surface area contributed by atoms with Crippen molar-refractivity contribution in [2.24, 2.45) is 0 Å². The van der Waals surface area contributed by atoms with E-state index in [1.807, 2.05) is 31.2 Å². The van der Waals surface area contributed by atoms with Crippen LogP contribution in [0.2, 0.25) is 0 Å². The lowest BCUT2D eigenvalue weighted by Gasteiger charge is -2.26. The van der Waals surface area contributed by atoms with Gasteiger partial charge in [-0.2, -0.15) is 9.40 Å². The molecule has 5 rings (SSSR count). The highest BCUT2D eigenvalue weighted by Gasteiger charge is 2.26. The Morgan fingerprint density at radius 2 is 1.76 bits per heavy atom. The van der Waals surface area contributed by atoms with Crippen LogP contribution in [0.4, 0.5) is 0 Å². The number of fused-ring (bicyclic) bond motifs is 1. The molecule has 1 aliphatic heterocycles. The maximum absolute atomic E-state index is 12.9. The summed E-state index contributed by atoms with van der Waals surface area (Å²) in [5, 5.41) is 7.48. The summed E-state index contributed by atoms with van der Waals surface area (Å²) in [5.74, 6) is -0.342. The van der Waals surface area contributed by atoms with Crippen molar-refractivity contribution in [1.82, 2.24) is 29.0 Å². The Balaban J connectivity index is 1.20. The summed E-state index contributed by atoms with van der Waals surface area (Å²) < 4.78 is 35.2. The van der Waals surface area contributed by atoms with E-state index in [1.54, 1.807) is 9.25 Å². The van der Waals surface area contributed by atoms with Gasteiger partial charge in [0.25, 0.3) is 11.5 Å². The number of hydrogen-bond acceptors (Lipinski definition) is 7. The van der Waals surface area contributed by atoms with Crippen molar-refractivity contribution in [3.05, 3.63) is 88.1 Å². The van der Waals surface area contributed by atoms with Gasteiger partial charge in [-0.05, 0) is 36.8 Å². The molecule has 12 heteroatoms. The average molecular weight is 537 g/mol. The third-order valence-corrected chi connectivity index (χ3v) is 8.34. The minimum absolute atomic E-state index is 0.137. The topological polar surface area (TPSA) is 128 Å². The number of rotatable bonds is 8. The second-order valence-corrected chi connectivity index (χ2v) is 11.0. The molecule has 1 fully saturated rings. The van der Waals surface area contributed by atoms with Crippen LogP contribution in [0.15, 0.2) is 70.7 Å². The number of aromatic nitrogens is 4. The number of sulfonamides is 1. The highest BCUT2D eigenvalue weighted by molar-refractivity contribution is 7.89. The van der Waals surface area contributed by atoms with E-state index >= 15 is 0 Å². The molecule has 1 amide bonds. The number of benzene rings is 2. The number of nitrogens with zero attached hydrogens (tertiary/aromatic N) is 5. The molecule has 1 N–H and O–H groups in total. The third-order valence-electron chi connectivity index (χ3n) is 6.43. The quantitative estimate of drug-likeness (QED) is 0.360. The number of nitrogens with one attached hydrogen (secondary N) is 1. The van der Waals surface area contributed by atoms with Gasteiger partial charge >= 0.3 is 0 Å². The fraction of sp³-hybridized carbons (Fsp3) is 0.308. The van der Waals surface area contributed by atoms with Gasteiger partial charge in [-0.1, -0.05) is 29.8 Å². The number of carbonyl (C=O) groups is 1. The zero-order valence-corrected chi connectivity index (χ0v) is 21.7. The molecule has 0 bridgehead atoms. The molecule has 2 aromatic heterocycles. The molecule has 38 heavy (non-hydrogen) atoms. The van der Waals surface area contributed by atoms with Gasteiger partial charge in [0, 0.05) is 25.2 Å². The number of morpholine rings is 1. The fourth-order valence-electron chi connectivity index (χ4n) is 4.26. The predicted molar refractivity (Wildman–Crippen MR) is 140 cm³/mol. The van der Waals surface area contributed by atoms with E-state index in [4.69, 9.17) is 4.74 Å². The van der Waals surface area contributed by atoms with Crippen LogP contribution < -0.4 is 10.9 Å². The zero-order chi connectivity index (χ0) is 26.7. The largest absolute Gasteiger partial charge is 0.379 e. The van der Waals surface area contributed by atoms with Crippen LogP contribution >= 0.6 is 0 Å². The average Bonchev–Trinajstić information content (AvgIpc) is 3.35. The van der Waals surface area contributed by atoms with Crippen LogP contribution in [0.1, 0.15) is 21.5 Å². The molecule has 1 saturated heterocycles. The van der Waals surface area contributed by atoms with E-state index in [1.165, 1.54) is 41.1 Å². The molecular weight excluding hydrogens is 508 g/mol. The summed E-state index contributed by atoms with van der Waals surface area (Å²) in [5.41, 5.74) is 2.76. The normalized spacial score (nSPS) is 14.6. The van der Waals surface area contributed by atoms with Gasteiger partial charge < -0.3 is 10.1 Å². The third kappa shape index (κ3) is 5.37. The maximum Gasteiger partial charge on any atom is 0.264 e. The van der Waals surface area contributed by atoms with E-state index in [-0.39, 0.29) is 22.9 Å². The fourth-order valence-corrected chi connectivity index (χ4v) is 5.66. The summed E-state index contributed by atoms with van der Waals surface area (Å²) in [6.07, 6.45) is 3.00. The summed E-state index contributed by atoms with van der Waals surface area (Å²) in [6.45, 7) is 4.33. The maximum atomic E-state index is 12.9. The first-order valence-electron chi connectivity index (χ1n) is 12.3. The molecule has 2 aromatic carbocycles. The van der Waals surface area contributed by atoms with Crippen LogP contribution in [0.5, 0.6) is 0 Å². The van der Waals surface area contributed by atoms with Gasteiger partial charge in [0.05, 0.1) is 37.4 Å². The second kappa shape index (κ2) is 10.9. The first-order chi connectivity index (χ1) is 18.3. The van der Waals surface area contributed by atoms with Gasteiger partial charge in [0.1, 0.15) is 11.7 Å². The van der Waals surface area contributed by atoms with E-state index in [9.17, 15) is 18.0 Å². The molecule has 0 radical (unpaired) electrons. The van der Waals surface area contributed by atoms with Gasteiger partial charge in [-0.3, -0.25) is 14.2 Å². The van der Waals surface area contributed by atoms with Gasteiger partial charge in [0.15, 0.2) is 5.65 Å². The van der Waals surface area contributed by atoms with Crippen molar-refractivity contribution in [2.75, 3.05) is 32.8 Å². The first kappa shape index (κ1) is 25.8. The van der Waals surface area contributed by atoms with Gasteiger partial charge in [-0.15, -0.1) is 0 Å². The van der Waals surface area contributed by atoms with Crippen molar-refractivity contribution < 1.29 is 17.9 Å². The lowest BCUT2D eigenvalue weighted by molar-refractivity contribution is 0.0730. The number of carbonyl (C=O) groups excluding carboxylic acids is 1. The summed E-state index contributed by atoms with van der Waals surface area (Å²) >= 11 is 0. The van der Waals surface area contributed by atoms with E-state index in [2.05, 4.69) is 15.4 Å². The van der Waals surface area contributed by atoms with Gasteiger partial charge in [0.2, 0.25) is 10.0 Å². The Hall–Kier alpha value is -3.87. The molecule has 0 unspecified atom stereocenters. The van der Waals surface area contributed by atoms with Crippen molar-refractivity contribution >= 4 is 27.0 Å². The minimum Gasteiger partial charge on any atom is -0.379 e. The lowest BCUT2D eigenvalue weighted by atomic mass is 10.1. The predicted octanol–water partition coefficient (Wildman–Crippen LogP) is 1.40. The van der Waals surface area contributed by atoms with Crippen molar-refractivity contribution in [3.63, 3.8) is 0 Å². The van der Waals surface area contributed by atoms with E-state index < -0.39 is 10.0 Å². The van der Waals surface area contributed by atoms with Crippen LogP contribution in [-0.2, 0) is 27.8 Å². The minimum atomic E-state index is -3.62. The smallest absolute Gasteiger partial charge is 0.264 e. The summed E-state index contributed by atoms with van der Waals surface area (Å²) in [7, 11) is -3.62. The first-order valence-corrected chi connectivity index (χ1v) is 13.7. The highest BCUT2D eigenvalue weighted by atomic mass is 32.2. The van der Waals surface area contributed by atoms with Crippen molar-refractivity contribution in [2.45, 2.75) is 24.9 Å². The van der Waals surface area contributed by atoms with Crippen LogP contribution in [-0.4, -0.2) is 70.8 Å². The summed E-state index contributed by atoms with van der Waals surface area (Å²) in [4.78, 5) is 30.1. The highest BCUT2D eigenvalue weighted by Crippen LogP contribution is 2.18. The molecule has 1 aliphatic rings. The monoisotopic (exact) mass is 536 g/mol. The SMILES string of the molecule is Cc1ccc(Cn2cnc3c(cnn3CCNC(=O)c3ccc(S(=O)(=O)N4CCOCC4)cc3)c2=O)cc1. The lowest BCUT2D eigenvalue weighted by Crippen LogP contribution is -2.40. The van der Waals surface area contributed by atoms with Crippen LogP contribution in [0.3, 0.4) is 0 Å². The molecule has 198 valence electrons. The molecule has 0 spiro atoms. The Labute approximate surface area is 219 Å². The summed E-state index contributed by atoms with van der Waals surface area (Å²) in [6, 6.07) is 13.8. The van der Waals surface area contributed by atoms with E-state index in [0.717, 1.165) is 11.1 Å². The van der Waals surface area contributed by atoms with Crippen LogP contribution in [0.25, 0.3) is 11.0 Å². The van der Waals surface area contributed by atoms with Crippen molar-refractivity contribution in [1.29, 1.82) is 0 Å². The number of hydrogen-bond donors (Lipinski definition) is 1. The zero-order valence-electron chi connectivity index (χ0n) is 20.9. The van der Waals surface area contributed by atoms with Crippen molar-refractivity contribution in [3.8, 4) is 0 Å². The Bertz CT molecular complexity index is 1600. The standard InChI is InChI=1S/C26H28N6O5S/c1-19-2-4-20(5-3-19)17-30-18-28-24-23(26(30)34)16-29-32(24)11-10-27-25(33)21-6-8-22(9-7-21)38(35,36)31-12-14-37-15-13-31/h2-9,16,18H,10-15,17H2,1H3,(H,27,33). The van der Waals surface area contributed by atoms with E-state index in [0.29, 0.717) is 56.0 Å². The second-order valence-electron chi connectivity index (χ2n) is 9.06. The molecule has 4 aromatic rings. The number of ether oxygens (including phenoxy) is 1. The number of amides is 1. The number of aryl methyl sites for hydroxylation is 1. The molecule has 11 nitrogen and oxygen atoms in total. The Kier molecular flexibility index (Phi) is 7.36. The van der Waals surface area contributed by atoms with Gasteiger partial charge in [-0.25, -0.2) is 18.1 Å². The van der Waals surface area contributed by atoms with Crippen LogP contribution in [0, 0.1) is 6.92 Å². The molecular formula is C26H28N6O5S. The molecule has 0 saturated carbocycles.